The quantitative estimate of drug-likeness (QED) is 0.721. The average Bonchev–Trinajstić information content (AvgIpc) is 3.05. The van der Waals surface area contributed by atoms with Crippen molar-refractivity contribution in [1.82, 2.24) is 4.90 Å². The zero-order valence-corrected chi connectivity index (χ0v) is 17.6. The number of morpholine rings is 1. The molecule has 0 saturated carbocycles. The van der Waals surface area contributed by atoms with Gasteiger partial charge >= 0.3 is 5.97 Å². The predicted octanol–water partition coefficient (Wildman–Crippen LogP) is 3.78. The van der Waals surface area contributed by atoms with Crippen molar-refractivity contribution in [1.29, 1.82) is 0 Å². The maximum Gasteiger partial charge on any atom is 0.341 e. The normalized spacial score (nSPS) is 19.7. The summed E-state index contributed by atoms with van der Waals surface area (Å²) in [5.74, 6) is -1.08. The van der Waals surface area contributed by atoms with E-state index in [1.54, 1.807) is 24.4 Å². The summed E-state index contributed by atoms with van der Waals surface area (Å²) in [4.78, 5) is 27.2. The zero-order chi connectivity index (χ0) is 21.0. The monoisotopic (exact) mass is 420 g/mol. The summed E-state index contributed by atoms with van der Waals surface area (Å²) in [5, 5.41) is 5.05. The number of halogens is 1. The summed E-state index contributed by atoms with van der Waals surface area (Å²) >= 11 is 1.25. The number of hydrogen-bond acceptors (Lipinski definition) is 6. The molecule has 29 heavy (non-hydrogen) atoms. The molecule has 2 aromatic rings. The van der Waals surface area contributed by atoms with Gasteiger partial charge in [0.2, 0.25) is 5.91 Å². The van der Waals surface area contributed by atoms with Gasteiger partial charge in [-0.1, -0.05) is 12.1 Å². The van der Waals surface area contributed by atoms with Gasteiger partial charge < -0.3 is 14.8 Å². The second-order valence-corrected chi connectivity index (χ2v) is 7.96. The van der Waals surface area contributed by atoms with Crippen molar-refractivity contribution in [3.05, 3.63) is 41.0 Å². The number of thiophene rings is 1. The van der Waals surface area contributed by atoms with Crippen LogP contribution in [0.25, 0.3) is 11.1 Å². The van der Waals surface area contributed by atoms with E-state index in [1.807, 2.05) is 18.7 Å². The second kappa shape index (κ2) is 9.47. The third kappa shape index (κ3) is 5.41. The molecule has 1 N–H and O–H groups in total. The fourth-order valence-electron chi connectivity index (χ4n) is 3.48. The van der Waals surface area contributed by atoms with E-state index in [0.29, 0.717) is 34.8 Å². The highest BCUT2D eigenvalue weighted by Gasteiger charge is 2.26. The van der Waals surface area contributed by atoms with Crippen LogP contribution in [0.3, 0.4) is 0 Å². The van der Waals surface area contributed by atoms with Crippen LogP contribution in [0.15, 0.2) is 29.6 Å². The van der Waals surface area contributed by atoms with Crippen molar-refractivity contribution in [3.8, 4) is 11.1 Å². The van der Waals surface area contributed by atoms with Gasteiger partial charge in [-0.05, 0) is 38.5 Å². The highest BCUT2D eigenvalue weighted by molar-refractivity contribution is 7.15. The lowest BCUT2D eigenvalue weighted by Crippen LogP contribution is -2.48. The Labute approximate surface area is 173 Å². The molecule has 3 rings (SSSR count). The third-order valence-corrected chi connectivity index (χ3v) is 5.44. The Balaban J connectivity index is 1.80. The van der Waals surface area contributed by atoms with Crippen LogP contribution in [0.1, 0.15) is 31.1 Å². The van der Waals surface area contributed by atoms with Crippen molar-refractivity contribution < 1.29 is 23.5 Å². The Morgan fingerprint density at radius 1 is 1.24 bits per heavy atom. The van der Waals surface area contributed by atoms with Gasteiger partial charge in [-0.2, -0.15) is 0 Å². The SMILES string of the molecule is CCOC(=O)c1c(-c2ccc(F)cc2)csc1NC(=O)CN1CC(C)OC(C)C1. The maximum absolute atomic E-state index is 13.3. The molecule has 1 aliphatic heterocycles. The minimum atomic E-state index is -0.517. The van der Waals surface area contributed by atoms with E-state index in [-0.39, 0.29) is 37.1 Å². The summed E-state index contributed by atoms with van der Waals surface area (Å²) in [5.41, 5.74) is 1.58. The number of carbonyl (C=O) groups excluding carboxylic acids is 2. The first-order valence-corrected chi connectivity index (χ1v) is 10.5. The van der Waals surface area contributed by atoms with Crippen LogP contribution in [0.5, 0.6) is 0 Å². The number of rotatable bonds is 6. The molecule has 1 fully saturated rings. The van der Waals surface area contributed by atoms with Gasteiger partial charge in [0.25, 0.3) is 0 Å². The van der Waals surface area contributed by atoms with E-state index < -0.39 is 5.97 Å². The Morgan fingerprint density at radius 2 is 1.90 bits per heavy atom. The molecule has 156 valence electrons. The number of amides is 1. The number of benzene rings is 1. The molecule has 0 radical (unpaired) electrons. The molecule has 1 saturated heterocycles. The lowest BCUT2D eigenvalue weighted by Gasteiger charge is -2.34. The van der Waals surface area contributed by atoms with E-state index in [2.05, 4.69) is 5.32 Å². The van der Waals surface area contributed by atoms with Crippen molar-refractivity contribution in [2.75, 3.05) is 31.6 Å². The largest absolute Gasteiger partial charge is 0.462 e. The molecule has 2 atom stereocenters. The van der Waals surface area contributed by atoms with Gasteiger partial charge in [-0.25, -0.2) is 9.18 Å². The Morgan fingerprint density at radius 3 is 2.52 bits per heavy atom. The standard InChI is InChI=1S/C21H25FN2O4S/c1-4-27-21(26)19-17(15-5-7-16(22)8-6-15)12-29-20(19)23-18(25)11-24-9-13(2)28-14(3)10-24/h5-8,12-14H,4,9-11H2,1-3H3,(H,23,25). The van der Waals surface area contributed by atoms with Crippen LogP contribution in [0.2, 0.25) is 0 Å². The van der Waals surface area contributed by atoms with E-state index in [0.717, 1.165) is 0 Å². The molecule has 6 nitrogen and oxygen atoms in total. The van der Waals surface area contributed by atoms with Gasteiger partial charge in [0, 0.05) is 24.0 Å². The lowest BCUT2D eigenvalue weighted by atomic mass is 10.0. The van der Waals surface area contributed by atoms with Crippen molar-refractivity contribution in [3.63, 3.8) is 0 Å². The van der Waals surface area contributed by atoms with Gasteiger partial charge in [0.05, 0.1) is 25.4 Å². The highest BCUT2D eigenvalue weighted by Crippen LogP contribution is 2.36. The van der Waals surface area contributed by atoms with Gasteiger partial charge in [-0.15, -0.1) is 11.3 Å². The fourth-order valence-corrected chi connectivity index (χ4v) is 4.45. The highest BCUT2D eigenvalue weighted by atomic mass is 32.1. The topological polar surface area (TPSA) is 67.9 Å². The van der Waals surface area contributed by atoms with E-state index >= 15 is 0 Å². The molecule has 0 spiro atoms. The molecular formula is C21H25FN2O4S. The molecule has 0 aliphatic carbocycles. The number of esters is 1. The molecule has 1 aliphatic rings. The molecule has 8 heteroatoms. The lowest BCUT2D eigenvalue weighted by molar-refractivity contribution is -0.121. The number of carbonyl (C=O) groups is 2. The van der Waals surface area contributed by atoms with Crippen molar-refractivity contribution in [2.45, 2.75) is 33.0 Å². The molecule has 1 aromatic heterocycles. The van der Waals surface area contributed by atoms with Crippen molar-refractivity contribution >= 4 is 28.2 Å². The van der Waals surface area contributed by atoms with E-state index in [9.17, 15) is 14.0 Å². The van der Waals surface area contributed by atoms with Gasteiger partial charge in [0.15, 0.2) is 0 Å². The third-order valence-electron chi connectivity index (χ3n) is 4.54. The predicted molar refractivity (Wildman–Crippen MR) is 111 cm³/mol. The second-order valence-electron chi connectivity index (χ2n) is 7.08. The van der Waals surface area contributed by atoms with Crippen LogP contribution in [0, 0.1) is 5.82 Å². The number of ether oxygens (including phenoxy) is 2. The molecule has 1 aromatic carbocycles. The van der Waals surface area contributed by atoms with Gasteiger partial charge in [0.1, 0.15) is 16.4 Å². The minimum Gasteiger partial charge on any atom is -0.462 e. The number of anilines is 1. The maximum atomic E-state index is 13.3. The molecule has 2 unspecified atom stereocenters. The Hall–Kier alpha value is -2.29. The number of nitrogens with one attached hydrogen (secondary N) is 1. The fraction of sp³-hybridized carbons (Fsp3) is 0.429. The first-order valence-electron chi connectivity index (χ1n) is 9.59. The average molecular weight is 421 g/mol. The number of hydrogen-bond donors (Lipinski definition) is 1. The molecule has 0 bridgehead atoms. The summed E-state index contributed by atoms with van der Waals surface area (Å²) < 4.78 is 24.2. The van der Waals surface area contributed by atoms with Crippen LogP contribution in [-0.2, 0) is 14.3 Å². The minimum absolute atomic E-state index is 0.0634. The van der Waals surface area contributed by atoms with Crippen LogP contribution >= 0.6 is 11.3 Å². The van der Waals surface area contributed by atoms with E-state index in [4.69, 9.17) is 9.47 Å². The van der Waals surface area contributed by atoms with Crippen molar-refractivity contribution in [2.24, 2.45) is 0 Å². The zero-order valence-electron chi connectivity index (χ0n) is 16.7. The molecular weight excluding hydrogens is 395 g/mol. The smallest absolute Gasteiger partial charge is 0.341 e. The Kier molecular flexibility index (Phi) is 7.00. The molecule has 1 amide bonds. The van der Waals surface area contributed by atoms with Gasteiger partial charge in [-0.3, -0.25) is 9.69 Å². The number of nitrogens with zero attached hydrogens (tertiary/aromatic N) is 1. The van der Waals surface area contributed by atoms with Crippen LogP contribution < -0.4 is 5.32 Å². The summed E-state index contributed by atoms with van der Waals surface area (Å²) in [6.07, 6.45) is 0.127. The van der Waals surface area contributed by atoms with Crippen LogP contribution in [-0.4, -0.2) is 55.2 Å². The van der Waals surface area contributed by atoms with Crippen LogP contribution in [0.4, 0.5) is 9.39 Å². The first-order chi connectivity index (χ1) is 13.9. The summed E-state index contributed by atoms with van der Waals surface area (Å²) in [6, 6.07) is 5.87. The summed E-state index contributed by atoms with van der Waals surface area (Å²) in [6.45, 7) is 7.46. The first kappa shape index (κ1) is 21.4. The van der Waals surface area contributed by atoms with E-state index in [1.165, 1.54) is 23.5 Å². The Bertz CT molecular complexity index is 858. The molecule has 2 heterocycles. The summed E-state index contributed by atoms with van der Waals surface area (Å²) in [7, 11) is 0.